The molecule has 0 amide bonds. The van der Waals surface area contributed by atoms with Gasteiger partial charge in [0.05, 0.1) is 9.71 Å². The second-order valence-electron chi connectivity index (χ2n) is 2.45. The molecule has 2 nitrogen and oxygen atoms in total. The molecule has 0 aliphatic heterocycles. The topological polar surface area (TPSA) is 29.1 Å². The summed E-state index contributed by atoms with van der Waals surface area (Å²) in [7, 11) is -0.671. The Hall–Kier alpha value is -0.540. The van der Waals surface area contributed by atoms with E-state index in [2.05, 4.69) is 17.2 Å². The number of nitrogens with one attached hydrogen (secondary N) is 1. The Labute approximate surface area is 69.1 Å². The predicted octanol–water partition coefficient (Wildman–Crippen LogP) is 1.32. The molecule has 64 valence electrons. The molecule has 0 fully saturated rings. The molecule has 1 unspecified atom stereocenters. The van der Waals surface area contributed by atoms with Crippen LogP contribution in [0, 0.1) is 0 Å². The van der Waals surface area contributed by atoms with Gasteiger partial charge in [-0.05, 0) is 26.8 Å². The first-order valence-electron chi connectivity index (χ1n) is 3.31. The van der Waals surface area contributed by atoms with Crippen LogP contribution < -0.4 is 4.72 Å². The highest BCUT2D eigenvalue weighted by Gasteiger charge is 2.05. The van der Waals surface area contributed by atoms with Crippen LogP contribution in [-0.2, 0) is 9.71 Å². The van der Waals surface area contributed by atoms with Gasteiger partial charge in [0.1, 0.15) is 0 Å². The van der Waals surface area contributed by atoms with E-state index in [1.165, 1.54) is 0 Å². The standard InChI is InChI=1S/C8H15NOS/c1-6-8(7(2)3)11(5,10)9-4/h6H,1,5H2,2-4H3,(H,9,10). The molecule has 0 bridgehead atoms. The van der Waals surface area contributed by atoms with Crippen molar-refractivity contribution < 1.29 is 4.21 Å². The van der Waals surface area contributed by atoms with Crippen molar-refractivity contribution in [3.05, 3.63) is 23.1 Å². The van der Waals surface area contributed by atoms with Crippen molar-refractivity contribution in [2.75, 3.05) is 7.05 Å². The molecule has 0 aromatic heterocycles. The minimum Gasteiger partial charge on any atom is -0.248 e. The van der Waals surface area contributed by atoms with Crippen LogP contribution in [0.15, 0.2) is 23.1 Å². The molecule has 3 heteroatoms. The first kappa shape index (κ1) is 10.5. The molecule has 0 aromatic rings. The molecule has 0 aliphatic carbocycles. The van der Waals surface area contributed by atoms with Crippen LogP contribution in [0.3, 0.4) is 0 Å². The van der Waals surface area contributed by atoms with E-state index in [1.54, 1.807) is 13.1 Å². The third-order valence-corrected chi connectivity index (χ3v) is 3.31. The average molecular weight is 173 g/mol. The minimum absolute atomic E-state index is 0.694. The van der Waals surface area contributed by atoms with Gasteiger partial charge in [0.15, 0.2) is 0 Å². The lowest BCUT2D eigenvalue weighted by Crippen LogP contribution is -2.19. The molecule has 11 heavy (non-hydrogen) atoms. The van der Waals surface area contributed by atoms with E-state index in [-0.39, 0.29) is 0 Å². The fourth-order valence-corrected chi connectivity index (χ4v) is 1.93. The number of hydrogen-bond acceptors (Lipinski definition) is 1. The van der Waals surface area contributed by atoms with E-state index in [0.29, 0.717) is 4.91 Å². The SMILES string of the molecule is C=CC(=C(C)C)S(=C)(=O)NC. The Morgan fingerprint density at radius 3 is 2.09 bits per heavy atom. The summed E-state index contributed by atoms with van der Waals surface area (Å²) < 4.78 is 14.2. The van der Waals surface area contributed by atoms with E-state index in [0.717, 1.165) is 5.57 Å². The quantitative estimate of drug-likeness (QED) is 0.506. The summed E-state index contributed by atoms with van der Waals surface area (Å²) in [5.74, 6) is 3.57. The molecular formula is C8H15NOS. The fraction of sp³-hybridized carbons (Fsp3) is 0.375. The van der Waals surface area contributed by atoms with Crippen molar-refractivity contribution in [1.82, 2.24) is 4.72 Å². The summed E-state index contributed by atoms with van der Waals surface area (Å²) in [4.78, 5) is 0.694. The number of allylic oxidation sites excluding steroid dienone is 2. The highest BCUT2D eigenvalue weighted by molar-refractivity contribution is 8.02. The highest BCUT2D eigenvalue weighted by Crippen LogP contribution is 2.10. The van der Waals surface area contributed by atoms with Gasteiger partial charge in [0.2, 0.25) is 0 Å². The molecule has 1 N–H and O–H groups in total. The first-order chi connectivity index (χ1) is 4.95. The van der Waals surface area contributed by atoms with Crippen molar-refractivity contribution in [1.29, 1.82) is 0 Å². The largest absolute Gasteiger partial charge is 0.248 e. The molecule has 0 saturated carbocycles. The van der Waals surface area contributed by atoms with Gasteiger partial charge in [0.25, 0.3) is 0 Å². The summed E-state index contributed by atoms with van der Waals surface area (Å²) >= 11 is 0. The Morgan fingerprint density at radius 1 is 1.55 bits per heavy atom. The summed E-state index contributed by atoms with van der Waals surface area (Å²) in [6.45, 7) is 7.36. The molecule has 0 spiro atoms. The van der Waals surface area contributed by atoms with Crippen LogP contribution in [0.4, 0.5) is 0 Å². The predicted molar refractivity (Wildman–Crippen MR) is 52.9 cm³/mol. The van der Waals surface area contributed by atoms with Crippen LogP contribution in [0.1, 0.15) is 13.8 Å². The summed E-state index contributed by atoms with van der Waals surface area (Å²) in [5, 5.41) is 0. The first-order valence-corrected chi connectivity index (χ1v) is 5.04. The van der Waals surface area contributed by atoms with Gasteiger partial charge in [-0.1, -0.05) is 18.2 Å². The minimum atomic E-state index is -2.30. The lowest BCUT2D eigenvalue weighted by molar-refractivity contribution is 0.680. The lowest BCUT2D eigenvalue weighted by atomic mass is 10.3. The Bertz CT molecular complexity index is 268. The Kier molecular flexibility index (Phi) is 3.55. The van der Waals surface area contributed by atoms with Gasteiger partial charge in [-0.2, -0.15) is 0 Å². The molecule has 0 aliphatic rings. The summed E-state index contributed by atoms with van der Waals surface area (Å²) in [6.07, 6.45) is 1.58. The maximum atomic E-state index is 11.6. The Morgan fingerprint density at radius 2 is 2.00 bits per heavy atom. The zero-order chi connectivity index (χ0) is 9.07. The van der Waals surface area contributed by atoms with Crippen LogP contribution in [0.25, 0.3) is 0 Å². The highest BCUT2D eigenvalue weighted by atomic mass is 32.2. The van der Waals surface area contributed by atoms with Gasteiger partial charge < -0.3 is 0 Å². The van der Waals surface area contributed by atoms with Gasteiger partial charge in [-0.3, -0.25) is 0 Å². The van der Waals surface area contributed by atoms with Gasteiger partial charge in [0, 0.05) is 4.91 Å². The monoisotopic (exact) mass is 173 g/mol. The van der Waals surface area contributed by atoms with Gasteiger partial charge >= 0.3 is 0 Å². The van der Waals surface area contributed by atoms with E-state index in [9.17, 15) is 4.21 Å². The van der Waals surface area contributed by atoms with Crippen LogP contribution in [-0.4, -0.2) is 17.1 Å². The van der Waals surface area contributed by atoms with Crippen molar-refractivity contribution >= 4 is 15.6 Å². The third kappa shape index (κ3) is 2.52. The lowest BCUT2D eigenvalue weighted by Gasteiger charge is -2.09. The molecular weight excluding hydrogens is 158 g/mol. The molecule has 0 radical (unpaired) electrons. The van der Waals surface area contributed by atoms with Crippen LogP contribution >= 0.6 is 0 Å². The second-order valence-corrected chi connectivity index (χ2v) is 4.65. The number of rotatable bonds is 3. The van der Waals surface area contributed by atoms with E-state index in [1.807, 2.05) is 13.8 Å². The van der Waals surface area contributed by atoms with Gasteiger partial charge in [-0.25, -0.2) is 8.93 Å². The smallest absolute Gasteiger partial charge is 0.0529 e. The fourth-order valence-electron chi connectivity index (χ4n) is 0.778. The Balaban J connectivity index is 5.15. The van der Waals surface area contributed by atoms with Crippen molar-refractivity contribution in [2.24, 2.45) is 0 Å². The second kappa shape index (κ2) is 3.74. The normalized spacial score (nSPS) is 15.2. The zero-order valence-corrected chi connectivity index (χ0v) is 8.12. The van der Waals surface area contributed by atoms with Crippen LogP contribution in [0.5, 0.6) is 0 Å². The van der Waals surface area contributed by atoms with E-state index in [4.69, 9.17) is 0 Å². The maximum absolute atomic E-state index is 11.6. The van der Waals surface area contributed by atoms with E-state index >= 15 is 0 Å². The molecule has 0 saturated heterocycles. The average Bonchev–Trinajstić information content (AvgIpc) is 1.88. The third-order valence-electron chi connectivity index (χ3n) is 1.36. The van der Waals surface area contributed by atoms with Crippen molar-refractivity contribution in [2.45, 2.75) is 13.8 Å². The number of hydrogen-bond donors (Lipinski definition) is 1. The molecule has 0 rings (SSSR count). The van der Waals surface area contributed by atoms with Crippen LogP contribution in [0.2, 0.25) is 0 Å². The summed E-state index contributed by atoms with van der Waals surface area (Å²) in [6, 6.07) is 0. The molecule has 0 aromatic carbocycles. The van der Waals surface area contributed by atoms with Crippen molar-refractivity contribution in [3.8, 4) is 0 Å². The molecule has 0 heterocycles. The summed E-state index contributed by atoms with van der Waals surface area (Å²) in [5.41, 5.74) is 0.981. The van der Waals surface area contributed by atoms with E-state index < -0.39 is 9.71 Å². The zero-order valence-electron chi connectivity index (χ0n) is 7.31. The van der Waals surface area contributed by atoms with Crippen molar-refractivity contribution in [3.63, 3.8) is 0 Å². The van der Waals surface area contributed by atoms with Gasteiger partial charge in [-0.15, -0.1) is 0 Å². The molecule has 1 atom stereocenters. The maximum Gasteiger partial charge on any atom is 0.0529 e.